The van der Waals surface area contributed by atoms with Crippen molar-refractivity contribution in [2.24, 2.45) is 7.05 Å². The minimum atomic E-state index is -0.644. The van der Waals surface area contributed by atoms with Crippen LogP contribution >= 0.6 is 0 Å². The number of rotatable bonds is 5. The number of hydrogen-bond donors (Lipinski definition) is 2. The van der Waals surface area contributed by atoms with Gasteiger partial charge in [-0.2, -0.15) is 0 Å². The largest absolute Gasteiger partial charge is 0.446 e. The summed E-state index contributed by atoms with van der Waals surface area (Å²) in [6.45, 7) is 0.563. The predicted octanol–water partition coefficient (Wildman–Crippen LogP) is 3.11. The van der Waals surface area contributed by atoms with Crippen molar-refractivity contribution >= 4 is 34.7 Å². The summed E-state index contributed by atoms with van der Waals surface area (Å²) in [7, 11) is 2.04. The minimum Gasteiger partial charge on any atom is -0.446 e. The van der Waals surface area contributed by atoms with Gasteiger partial charge in [-0.3, -0.25) is 19.7 Å². The van der Waals surface area contributed by atoms with Crippen molar-refractivity contribution in [3.05, 3.63) is 70.9 Å². The molecule has 1 saturated carbocycles. The van der Waals surface area contributed by atoms with Gasteiger partial charge in [0.1, 0.15) is 12.1 Å². The molecule has 3 aromatic rings. The molecular weight excluding hydrogens is 472 g/mol. The average molecular weight is 501 g/mol. The molecule has 6 rings (SSSR count). The summed E-state index contributed by atoms with van der Waals surface area (Å²) < 4.78 is 7.71. The van der Waals surface area contributed by atoms with E-state index in [2.05, 4.69) is 45.7 Å². The molecule has 3 aliphatic rings. The van der Waals surface area contributed by atoms with Crippen LogP contribution in [-0.4, -0.2) is 45.4 Å². The van der Waals surface area contributed by atoms with Gasteiger partial charge in [0.25, 0.3) is 5.91 Å². The van der Waals surface area contributed by atoms with E-state index in [1.165, 1.54) is 21.4 Å². The number of carbonyl (C=O) groups is 4. The Kier molecular flexibility index (Phi) is 5.70. The first-order chi connectivity index (χ1) is 17.9. The number of fused-ring (bicyclic) bond motifs is 2. The predicted molar refractivity (Wildman–Crippen MR) is 134 cm³/mol. The minimum absolute atomic E-state index is 0.118. The summed E-state index contributed by atoms with van der Waals surface area (Å²) in [6.07, 6.45) is 3.61. The Bertz CT molecular complexity index is 1440. The quantitative estimate of drug-likeness (QED) is 0.523. The van der Waals surface area contributed by atoms with Crippen LogP contribution in [0.4, 0.5) is 4.79 Å². The van der Waals surface area contributed by atoms with Gasteiger partial charge in [0.15, 0.2) is 0 Å². The van der Waals surface area contributed by atoms with Crippen LogP contribution in [0.1, 0.15) is 58.6 Å². The van der Waals surface area contributed by atoms with E-state index in [4.69, 9.17) is 4.74 Å². The highest BCUT2D eigenvalue weighted by Gasteiger charge is 2.39. The fraction of sp³-hybridized carbons (Fsp3) is 0.357. The molecule has 3 heterocycles. The van der Waals surface area contributed by atoms with Gasteiger partial charge in [-0.1, -0.05) is 24.3 Å². The van der Waals surface area contributed by atoms with Gasteiger partial charge < -0.3 is 19.5 Å². The highest BCUT2D eigenvalue weighted by Crippen LogP contribution is 2.41. The van der Waals surface area contributed by atoms with E-state index >= 15 is 0 Å². The van der Waals surface area contributed by atoms with E-state index < -0.39 is 18.0 Å². The van der Waals surface area contributed by atoms with E-state index in [9.17, 15) is 19.2 Å². The molecule has 9 heteroatoms. The summed E-state index contributed by atoms with van der Waals surface area (Å²) in [4.78, 5) is 50.6. The molecule has 37 heavy (non-hydrogen) atoms. The molecule has 1 atom stereocenters. The van der Waals surface area contributed by atoms with E-state index in [1.54, 1.807) is 6.07 Å². The Labute approximate surface area is 213 Å². The molecular formula is C28H28N4O5. The molecule has 2 N–H and O–H groups in total. The number of piperidine rings is 1. The van der Waals surface area contributed by atoms with Gasteiger partial charge in [0.2, 0.25) is 11.8 Å². The summed E-state index contributed by atoms with van der Waals surface area (Å²) in [6, 6.07) is 13.3. The summed E-state index contributed by atoms with van der Waals surface area (Å²) in [5, 5.41) is 6.35. The molecule has 0 spiro atoms. The highest BCUT2D eigenvalue weighted by atomic mass is 16.6. The number of hydrogen-bond acceptors (Lipinski definition) is 5. The molecule has 1 saturated heterocycles. The maximum absolute atomic E-state index is 13.0. The first kappa shape index (κ1) is 23.3. The number of aromatic nitrogens is 1. The third-order valence-corrected chi connectivity index (χ3v) is 7.80. The molecule has 1 aromatic heterocycles. The smallest absolute Gasteiger partial charge is 0.407 e. The Morgan fingerprint density at radius 1 is 1.14 bits per heavy atom. The number of nitrogens with zero attached hydrogens (tertiary/aromatic N) is 2. The topological polar surface area (TPSA) is 110 Å². The van der Waals surface area contributed by atoms with Crippen LogP contribution in [0.3, 0.4) is 0 Å². The molecule has 2 aliphatic heterocycles. The third kappa shape index (κ3) is 4.24. The standard InChI is InChI=1S/C28H28N4O5/c1-31-10-9-21-20(3-2-4-23(21)31)18-12-19(13-18)37-28(36)29-14-16-5-6-17-15-32(27(35)22(17)11-16)24-7-8-25(33)30-26(24)34/h2-6,9-11,18-19,24H,7-8,12-15H2,1H3,(H,29,36)(H,30,33,34). The first-order valence-corrected chi connectivity index (χ1v) is 12.6. The summed E-state index contributed by atoms with van der Waals surface area (Å²) in [5.74, 6) is -0.598. The number of carbonyl (C=O) groups excluding carboxylic acids is 4. The molecule has 4 amide bonds. The Morgan fingerprint density at radius 2 is 1.97 bits per heavy atom. The van der Waals surface area contributed by atoms with Crippen molar-refractivity contribution < 1.29 is 23.9 Å². The lowest BCUT2D eigenvalue weighted by atomic mass is 9.76. The highest BCUT2D eigenvalue weighted by molar-refractivity contribution is 6.05. The molecule has 9 nitrogen and oxygen atoms in total. The van der Waals surface area contributed by atoms with Gasteiger partial charge >= 0.3 is 6.09 Å². The van der Waals surface area contributed by atoms with Crippen molar-refractivity contribution in [3.8, 4) is 0 Å². The fourth-order valence-corrected chi connectivity index (χ4v) is 5.68. The van der Waals surface area contributed by atoms with Gasteiger partial charge in [-0.25, -0.2) is 4.79 Å². The zero-order valence-corrected chi connectivity index (χ0v) is 20.5. The van der Waals surface area contributed by atoms with Crippen LogP contribution < -0.4 is 10.6 Å². The van der Waals surface area contributed by atoms with E-state index in [0.717, 1.165) is 24.0 Å². The van der Waals surface area contributed by atoms with Crippen LogP contribution in [0.25, 0.3) is 10.9 Å². The summed E-state index contributed by atoms with van der Waals surface area (Å²) >= 11 is 0. The normalized spacial score (nSPS) is 23.0. The van der Waals surface area contributed by atoms with Crippen LogP contribution in [0.5, 0.6) is 0 Å². The lowest BCUT2D eigenvalue weighted by Gasteiger charge is -2.35. The van der Waals surface area contributed by atoms with Crippen molar-refractivity contribution in [2.75, 3.05) is 0 Å². The lowest BCUT2D eigenvalue weighted by molar-refractivity contribution is -0.136. The lowest BCUT2D eigenvalue weighted by Crippen LogP contribution is -2.52. The molecule has 190 valence electrons. The Balaban J connectivity index is 1.02. The fourth-order valence-electron chi connectivity index (χ4n) is 5.68. The van der Waals surface area contributed by atoms with Crippen molar-refractivity contribution in [1.82, 2.24) is 20.1 Å². The van der Waals surface area contributed by atoms with Crippen molar-refractivity contribution in [1.29, 1.82) is 0 Å². The number of benzene rings is 2. The van der Waals surface area contributed by atoms with Gasteiger partial charge in [-0.15, -0.1) is 0 Å². The van der Waals surface area contributed by atoms with E-state index in [1.807, 2.05) is 19.2 Å². The van der Waals surface area contributed by atoms with Crippen LogP contribution in [0, 0.1) is 0 Å². The second-order valence-corrected chi connectivity index (χ2v) is 10.1. The first-order valence-electron chi connectivity index (χ1n) is 12.6. The maximum atomic E-state index is 13.0. The van der Waals surface area contributed by atoms with Crippen LogP contribution in [-0.2, 0) is 34.5 Å². The molecule has 1 unspecified atom stereocenters. The molecule has 2 fully saturated rings. The average Bonchev–Trinajstić information content (AvgIpc) is 3.40. The molecule has 0 bridgehead atoms. The number of aryl methyl sites for hydroxylation is 1. The van der Waals surface area contributed by atoms with Crippen LogP contribution in [0.2, 0.25) is 0 Å². The zero-order chi connectivity index (χ0) is 25.7. The Morgan fingerprint density at radius 3 is 2.78 bits per heavy atom. The number of nitrogens with one attached hydrogen (secondary N) is 2. The van der Waals surface area contributed by atoms with E-state index in [0.29, 0.717) is 24.4 Å². The maximum Gasteiger partial charge on any atom is 0.407 e. The van der Waals surface area contributed by atoms with Crippen LogP contribution in [0.15, 0.2) is 48.7 Å². The summed E-state index contributed by atoms with van der Waals surface area (Å²) in [5.41, 5.74) is 4.63. The monoisotopic (exact) mass is 500 g/mol. The van der Waals surface area contributed by atoms with Gasteiger partial charge in [-0.05, 0) is 60.1 Å². The van der Waals surface area contributed by atoms with Crippen molar-refractivity contribution in [2.45, 2.75) is 56.8 Å². The SMILES string of the molecule is Cn1ccc2c(C3CC(OC(=O)NCc4ccc5c(c4)C(=O)N(C4CCC(=O)NC4=O)C5)C3)cccc21. The Hall–Kier alpha value is -4.14. The number of imide groups is 1. The molecule has 1 aliphatic carbocycles. The van der Waals surface area contributed by atoms with Gasteiger partial charge in [0.05, 0.1) is 0 Å². The molecule has 0 radical (unpaired) electrons. The van der Waals surface area contributed by atoms with E-state index in [-0.39, 0.29) is 30.9 Å². The molecule has 2 aromatic carbocycles. The second-order valence-electron chi connectivity index (χ2n) is 10.1. The zero-order valence-electron chi connectivity index (χ0n) is 20.5. The number of alkyl carbamates (subject to hydrolysis) is 1. The third-order valence-electron chi connectivity index (χ3n) is 7.80. The van der Waals surface area contributed by atoms with Gasteiger partial charge in [0, 0.05) is 49.2 Å². The number of amides is 4. The number of ether oxygens (including phenoxy) is 1. The van der Waals surface area contributed by atoms with Crippen molar-refractivity contribution in [3.63, 3.8) is 0 Å². The second kappa shape index (κ2) is 9.06.